The summed E-state index contributed by atoms with van der Waals surface area (Å²) in [5, 5.41) is 3.99. The van der Waals surface area contributed by atoms with Crippen molar-refractivity contribution in [1.82, 2.24) is 10.3 Å². The predicted molar refractivity (Wildman–Crippen MR) is 68.2 cm³/mol. The van der Waals surface area contributed by atoms with Gasteiger partial charge in [0.25, 0.3) is 0 Å². The summed E-state index contributed by atoms with van der Waals surface area (Å²) < 4.78 is 32.5. The molecule has 1 aliphatic rings. The maximum Gasteiger partial charge on any atom is 0.221 e. The second-order valence-corrected chi connectivity index (χ2v) is 4.70. The Morgan fingerprint density at radius 2 is 2.21 bits per heavy atom. The average molecular weight is 264 g/mol. The van der Waals surface area contributed by atoms with Crippen LogP contribution in [0.25, 0.3) is 10.8 Å². The molecule has 3 nitrogen and oxygen atoms in total. The van der Waals surface area contributed by atoms with E-state index in [4.69, 9.17) is 4.74 Å². The van der Waals surface area contributed by atoms with Crippen molar-refractivity contribution in [1.29, 1.82) is 0 Å². The van der Waals surface area contributed by atoms with Crippen molar-refractivity contribution in [3.63, 3.8) is 0 Å². The van der Waals surface area contributed by atoms with Crippen LogP contribution >= 0.6 is 0 Å². The van der Waals surface area contributed by atoms with Crippen LogP contribution < -0.4 is 10.1 Å². The van der Waals surface area contributed by atoms with Gasteiger partial charge in [-0.2, -0.15) is 0 Å². The van der Waals surface area contributed by atoms with E-state index >= 15 is 0 Å². The molecule has 1 aromatic heterocycles. The first-order valence-electron chi connectivity index (χ1n) is 6.34. The molecule has 0 spiro atoms. The first-order chi connectivity index (χ1) is 9.24. The third-order valence-electron chi connectivity index (χ3n) is 3.34. The summed E-state index contributed by atoms with van der Waals surface area (Å²) in [4.78, 5) is 4.07. The lowest BCUT2D eigenvalue weighted by Crippen LogP contribution is -2.28. The second kappa shape index (κ2) is 5.09. The van der Waals surface area contributed by atoms with E-state index < -0.39 is 11.6 Å². The van der Waals surface area contributed by atoms with E-state index in [1.165, 1.54) is 18.3 Å². The van der Waals surface area contributed by atoms with E-state index in [0.29, 0.717) is 17.4 Å². The molecule has 100 valence electrons. The molecule has 3 rings (SSSR count). The molecule has 0 radical (unpaired) electrons. The molecule has 0 amide bonds. The first kappa shape index (κ1) is 12.3. The molecule has 2 heterocycles. The third-order valence-corrected chi connectivity index (χ3v) is 3.34. The highest BCUT2D eigenvalue weighted by Gasteiger charge is 2.16. The fourth-order valence-corrected chi connectivity index (χ4v) is 2.37. The minimum absolute atomic E-state index is 0.282. The van der Waals surface area contributed by atoms with Crippen molar-refractivity contribution >= 4 is 10.8 Å². The summed E-state index contributed by atoms with van der Waals surface area (Å²) in [7, 11) is 0. The minimum atomic E-state index is -0.623. The van der Waals surface area contributed by atoms with Gasteiger partial charge in [0.15, 0.2) is 0 Å². The Bertz CT molecular complexity index is 597. The highest BCUT2D eigenvalue weighted by atomic mass is 19.1. The lowest BCUT2D eigenvalue weighted by Gasteiger charge is -2.13. The van der Waals surface area contributed by atoms with Crippen LogP contribution in [-0.2, 0) is 0 Å². The average Bonchev–Trinajstić information content (AvgIpc) is 2.89. The van der Waals surface area contributed by atoms with Crippen LogP contribution in [0.4, 0.5) is 8.78 Å². The van der Waals surface area contributed by atoms with Gasteiger partial charge in [-0.05, 0) is 31.5 Å². The van der Waals surface area contributed by atoms with Crippen molar-refractivity contribution in [3.05, 3.63) is 36.0 Å². The molecule has 1 aromatic carbocycles. The minimum Gasteiger partial charge on any atom is -0.476 e. The van der Waals surface area contributed by atoms with Crippen molar-refractivity contribution in [2.24, 2.45) is 0 Å². The summed E-state index contributed by atoms with van der Waals surface area (Å²) >= 11 is 0. The number of hydrogen-bond acceptors (Lipinski definition) is 3. The largest absolute Gasteiger partial charge is 0.476 e. The van der Waals surface area contributed by atoms with E-state index in [-0.39, 0.29) is 11.9 Å². The fourth-order valence-electron chi connectivity index (χ4n) is 2.37. The maximum absolute atomic E-state index is 13.6. The fraction of sp³-hybridized carbons (Fsp3) is 0.357. The molecule has 1 fully saturated rings. The molecule has 0 aliphatic carbocycles. The summed E-state index contributed by atoms with van der Waals surface area (Å²) in [6.45, 7) is 1.45. The highest BCUT2D eigenvalue weighted by Crippen LogP contribution is 2.26. The molecule has 1 N–H and O–H groups in total. The first-order valence-corrected chi connectivity index (χ1v) is 6.34. The number of hydrogen-bond donors (Lipinski definition) is 1. The number of aromatic nitrogens is 1. The zero-order chi connectivity index (χ0) is 13.2. The molecule has 1 atom stereocenters. The molecular formula is C14H14F2N2O. The Hall–Kier alpha value is -1.75. The number of benzene rings is 1. The third kappa shape index (κ3) is 2.51. The van der Waals surface area contributed by atoms with Gasteiger partial charge in [0.1, 0.15) is 18.2 Å². The Balaban J connectivity index is 1.89. The van der Waals surface area contributed by atoms with Gasteiger partial charge in [-0.1, -0.05) is 0 Å². The van der Waals surface area contributed by atoms with Gasteiger partial charge in [0.05, 0.1) is 0 Å². The maximum atomic E-state index is 13.6. The van der Waals surface area contributed by atoms with E-state index in [9.17, 15) is 8.78 Å². The molecule has 5 heteroatoms. The van der Waals surface area contributed by atoms with Crippen LogP contribution in [0.15, 0.2) is 24.4 Å². The molecule has 2 aromatic rings. The topological polar surface area (TPSA) is 34.1 Å². The van der Waals surface area contributed by atoms with E-state index in [0.717, 1.165) is 25.5 Å². The number of fused-ring (bicyclic) bond motifs is 1. The van der Waals surface area contributed by atoms with Gasteiger partial charge in [0.2, 0.25) is 5.88 Å². The molecular weight excluding hydrogens is 250 g/mol. The Labute approximate surface area is 109 Å². The number of pyridine rings is 1. The summed E-state index contributed by atoms with van der Waals surface area (Å²) in [5.74, 6) is -0.937. The van der Waals surface area contributed by atoms with Crippen LogP contribution in [0.3, 0.4) is 0 Å². The predicted octanol–water partition coefficient (Wildman–Crippen LogP) is 2.64. The normalized spacial score (nSPS) is 18.9. The number of nitrogens with zero attached hydrogens (tertiary/aromatic N) is 1. The zero-order valence-electron chi connectivity index (χ0n) is 10.3. The van der Waals surface area contributed by atoms with E-state index in [1.54, 1.807) is 0 Å². The SMILES string of the molecule is Fc1cc(F)c2ccnc(OCC3CCCN3)c2c1. The van der Waals surface area contributed by atoms with Crippen molar-refractivity contribution < 1.29 is 13.5 Å². The van der Waals surface area contributed by atoms with Gasteiger partial charge in [0, 0.05) is 29.1 Å². The number of ether oxygens (including phenoxy) is 1. The van der Waals surface area contributed by atoms with Gasteiger partial charge in [-0.15, -0.1) is 0 Å². The Morgan fingerprint density at radius 1 is 1.32 bits per heavy atom. The van der Waals surface area contributed by atoms with Gasteiger partial charge in [-0.3, -0.25) is 0 Å². The smallest absolute Gasteiger partial charge is 0.221 e. The van der Waals surface area contributed by atoms with Gasteiger partial charge >= 0.3 is 0 Å². The molecule has 1 aliphatic heterocycles. The molecule has 0 saturated carbocycles. The quantitative estimate of drug-likeness (QED) is 0.925. The van der Waals surface area contributed by atoms with Gasteiger partial charge < -0.3 is 10.1 Å². The Morgan fingerprint density at radius 3 is 3.00 bits per heavy atom. The monoisotopic (exact) mass is 264 g/mol. The Kier molecular flexibility index (Phi) is 3.29. The summed E-state index contributed by atoms with van der Waals surface area (Å²) in [6.07, 6.45) is 3.65. The molecule has 1 unspecified atom stereocenters. The van der Waals surface area contributed by atoms with Crippen LogP contribution in [0, 0.1) is 11.6 Å². The summed E-state index contributed by atoms with van der Waals surface area (Å²) in [6, 6.07) is 3.92. The van der Waals surface area contributed by atoms with Crippen molar-refractivity contribution in [3.8, 4) is 5.88 Å². The van der Waals surface area contributed by atoms with E-state index in [1.807, 2.05) is 0 Å². The van der Waals surface area contributed by atoms with Crippen LogP contribution in [0.2, 0.25) is 0 Å². The number of nitrogens with one attached hydrogen (secondary N) is 1. The van der Waals surface area contributed by atoms with Crippen LogP contribution in [0.5, 0.6) is 5.88 Å². The highest BCUT2D eigenvalue weighted by molar-refractivity contribution is 5.87. The van der Waals surface area contributed by atoms with Crippen molar-refractivity contribution in [2.45, 2.75) is 18.9 Å². The number of halogens is 2. The lowest BCUT2D eigenvalue weighted by molar-refractivity contribution is 0.271. The van der Waals surface area contributed by atoms with Crippen molar-refractivity contribution in [2.75, 3.05) is 13.2 Å². The molecule has 0 bridgehead atoms. The zero-order valence-corrected chi connectivity index (χ0v) is 10.3. The van der Waals surface area contributed by atoms with Crippen LogP contribution in [0.1, 0.15) is 12.8 Å². The molecule has 1 saturated heterocycles. The standard InChI is InChI=1S/C14H14F2N2O/c15-9-6-12-11(13(16)7-9)3-5-18-14(12)19-8-10-2-1-4-17-10/h3,5-7,10,17H,1-2,4,8H2. The lowest BCUT2D eigenvalue weighted by atomic mass is 10.1. The summed E-state index contributed by atoms with van der Waals surface area (Å²) in [5.41, 5.74) is 0. The van der Waals surface area contributed by atoms with Gasteiger partial charge in [-0.25, -0.2) is 13.8 Å². The second-order valence-electron chi connectivity index (χ2n) is 4.70. The number of rotatable bonds is 3. The van der Waals surface area contributed by atoms with Crippen LogP contribution in [-0.4, -0.2) is 24.2 Å². The molecule has 19 heavy (non-hydrogen) atoms. The van der Waals surface area contributed by atoms with E-state index in [2.05, 4.69) is 10.3 Å².